The molecule has 2 N–H and O–H groups in total. The van der Waals surface area contributed by atoms with Gasteiger partial charge in [0.05, 0.1) is 23.5 Å². The number of anilines is 1. The van der Waals surface area contributed by atoms with E-state index in [0.717, 1.165) is 5.69 Å². The van der Waals surface area contributed by atoms with Gasteiger partial charge in [-0.1, -0.05) is 0 Å². The quantitative estimate of drug-likeness (QED) is 0.847. The summed E-state index contributed by atoms with van der Waals surface area (Å²) in [5.41, 5.74) is 0.519. The van der Waals surface area contributed by atoms with Crippen LogP contribution < -0.4 is 5.32 Å². The van der Waals surface area contributed by atoms with E-state index in [1.54, 1.807) is 48.7 Å². The Morgan fingerprint density at radius 2 is 2.00 bits per heavy atom. The van der Waals surface area contributed by atoms with E-state index in [9.17, 15) is 14.3 Å². The molecule has 130 valence electrons. The number of aryl methyl sites for hydroxylation is 1. The molecule has 0 aliphatic rings. The highest BCUT2D eigenvalue weighted by Gasteiger charge is 2.18. The van der Waals surface area contributed by atoms with Crippen molar-refractivity contribution >= 4 is 11.7 Å². The van der Waals surface area contributed by atoms with Crippen LogP contribution in [0, 0.1) is 12.7 Å². The summed E-state index contributed by atoms with van der Waals surface area (Å²) in [6, 6.07) is 7.62. The average Bonchev–Trinajstić information content (AvgIpc) is 2.77. The van der Waals surface area contributed by atoms with Crippen LogP contribution in [0.3, 0.4) is 0 Å². The Morgan fingerprint density at radius 3 is 2.58 bits per heavy atom. The van der Waals surface area contributed by atoms with Crippen LogP contribution in [0.4, 0.5) is 10.2 Å². The third kappa shape index (κ3) is 5.14. The first-order chi connectivity index (χ1) is 11.1. The van der Waals surface area contributed by atoms with Gasteiger partial charge >= 0.3 is 0 Å². The van der Waals surface area contributed by atoms with Crippen molar-refractivity contribution in [3.63, 3.8) is 0 Å². The lowest BCUT2D eigenvalue weighted by atomic mass is 10.1. The van der Waals surface area contributed by atoms with Crippen molar-refractivity contribution in [3.05, 3.63) is 41.8 Å². The van der Waals surface area contributed by atoms with Crippen molar-refractivity contribution in [2.75, 3.05) is 25.5 Å². The van der Waals surface area contributed by atoms with Crippen molar-refractivity contribution in [1.29, 1.82) is 0 Å². The monoisotopic (exact) mass is 334 g/mol. The van der Waals surface area contributed by atoms with Gasteiger partial charge < -0.3 is 10.4 Å². The highest BCUT2D eigenvalue weighted by atomic mass is 19.1. The first-order valence-corrected chi connectivity index (χ1v) is 7.67. The second-order valence-corrected chi connectivity index (χ2v) is 6.59. The van der Waals surface area contributed by atoms with E-state index in [1.807, 2.05) is 6.92 Å². The van der Waals surface area contributed by atoms with E-state index in [2.05, 4.69) is 10.4 Å². The van der Waals surface area contributed by atoms with Crippen LogP contribution in [0.5, 0.6) is 0 Å². The Hall–Kier alpha value is -2.25. The van der Waals surface area contributed by atoms with Gasteiger partial charge in [-0.15, -0.1) is 0 Å². The zero-order chi connectivity index (χ0) is 17.9. The van der Waals surface area contributed by atoms with Gasteiger partial charge in [0.1, 0.15) is 11.6 Å². The summed E-state index contributed by atoms with van der Waals surface area (Å²) >= 11 is 0. The Labute approximate surface area is 140 Å². The number of carbonyl (C=O) groups excluding carboxylic acids is 1. The van der Waals surface area contributed by atoms with E-state index in [1.165, 1.54) is 12.1 Å². The predicted molar refractivity (Wildman–Crippen MR) is 90.7 cm³/mol. The lowest BCUT2D eigenvalue weighted by Gasteiger charge is -2.24. The van der Waals surface area contributed by atoms with Crippen LogP contribution in [0.15, 0.2) is 30.3 Å². The molecule has 24 heavy (non-hydrogen) atoms. The fourth-order valence-electron chi connectivity index (χ4n) is 2.51. The third-order valence-electron chi connectivity index (χ3n) is 3.24. The molecular weight excluding hydrogens is 311 g/mol. The fourth-order valence-corrected chi connectivity index (χ4v) is 2.51. The zero-order valence-electron chi connectivity index (χ0n) is 14.4. The summed E-state index contributed by atoms with van der Waals surface area (Å²) in [5, 5.41) is 16.9. The van der Waals surface area contributed by atoms with Gasteiger partial charge in [0.2, 0.25) is 5.91 Å². The standard InChI is InChI=1S/C17H23FN4O2/c1-12-9-15(19-16(23)10-21(4)11-17(2,3)24)22(20-12)14-7-5-13(18)6-8-14/h5-9,24H,10-11H2,1-4H3,(H,19,23). The molecule has 0 saturated heterocycles. The minimum absolute atomic E-state index is 0.137. The normalized spacial score (nSPS) is 11.8. The molecular formula is C17H23FN4O2. The summed E-state index contributed by atoms with van der Waals surface area (Å²) in [4.78, 5) is 14.0. The summed E-state index contributed by atoms with van der Waals surface area (Å²) in [6.45, 7) is 5.70. The summed E-state index contributed by atoms with van der Waals surface area (Å²) < 4.78 is 14.6. The summed E-state index contributed by atoms with van der Waals surface area (Å²) in [5.74, 6) is -0.0350. The largest absolute Gasteiger partial charge is 0.389 e. The molecule has 0 atom stereocenters. The Morgan fingerprint density at radius 1 is 1.38 bits per heavy atom. The molecule has 1 aromatic heterocycles. The maximum absolute atomic E-state index is 13.1. The first kappa shape index (κ1) is 18.1. The number of halogens is 1. The molecule has 2 rings (SSSR count). The molecule has 0 aliphatic carbocycles. The maximum Gasteiger partial charge on any atom is 0.239 e. The number of amides is 1. The Bertz CT molecular complexity index is 704. The second-order valence-electron chi connectivity index (χ2n) is 6.59. The smallest absolute Gasteiger partial charge is 0.239 e. The third-order valence-corrected chi connectivity index (χ3v) is 3.24. The molecule has 6 nitrogen and oxygen atoms in total. The number of aliphatic hydroxyl groups is 1. The lowest BCUT2D eigenvalue weighted by Crippen LogP contribution is -2.40. The molecule has 1 aromatic carbocycles. The van der Waals surface area contributed by atoms with Crippen molar-refractivity contribution in [2.45, 2.75) is 26.4 Å². The van der Waals surface area contributed by atoms with Crippen LogP contribution in [0.1, 0.15) is 19.5 Å². The zero-order valence-corrected chi connectivity index (χ0v) is 14.4. The average molecular weight is 334 g/mol. The maximum atomic E-state index is 13.1. The molecule has 7 heteroatoms. The first-order valence-electron chi connectivity index (χ1n) is 7.67. The van der Waals surface area contributed by atoms with Gasteiger partial charge in [-0.25, -0.2) is 9.07 Å². The van der Waals surface area contributed by atoms with E-state index in [0.29, 0.717) is 18.1 Å². The molecule has 0 unspecified atom stereocenters. The molecule has 0 bridgehead atoms. The van der Waals surface area contributed by atoms with Crippen LogP contribution in [0.25, 0.3) is 5.69 Å². The number of nitrogens with zero attached hydrogens (tertiary/aromatic N) is 3. The molecule has 1 heterocycles. The summed E-state index contributed by atoms with van der Waals surface area (Å²) in [6.07, 6.45) is 0. The van der Waals surface area contributed by atoms with Gasteiger partial charge in [-0.05, 0) is 52.1 Å². The number of benzene rings is 1. The van der Waals surface area contributed by atoms with Crippen LogP contribution >= 0.6 is 0 Å². The van der Waals surface area contributed by atoms with Crippen LogP contribution in [-0.4, -0.2) is 51.4 Å². The predicted octanol–water partition coefficient (Wildman–Crippen LogP) is 1.96. The van der Waals surface area contributed by atoms with E-state index < -0.39 is 5.60 Å². The van der Waals surface area contributed by atoms with E-state index in [-0.39, 0.29) is 18.3 Å². The summed E-state index contributed by atoms with van der Waals surface area (Å²) in [7, 11) is 1.76. The van der Waals surface area contributed by atoms with Gasteiger partial charge in [0.25, 0.3) is 0 Å². The molecule has 1 amide bonds. The van der Waals surface area contributed by atoms with Crippen molar-refractivity contribution in [1.82, 2.24) is 14.7 Å². The number of likely N-dealkylation sites (N-methyl/N-ethyl adjacent to an activating group) is 1. The van der Waals surface area contributed by atoms with Crippen LogP contribution in [0.2, 0.25) is 0 Å². The SMILES string of the molecule is Cc1cc(NC(=O)CN(C)CC(C)(C)O)n(-c2ccc(F)cc2)n1. The highest BCUT2D eigenvalue weighted by Crippen LogP contribution is 2.17. The van der Waals surface area contributed by atoms with E-state index >= 15 is 0 Å². The van der Waals surface area contributed by atoms with Gasteiger partial charge in [-0.3, -0.25) is 9.69 Å². The molecule has 0 fully saturated rings. The number of nitrogens with one attached hydrogen (secondary N) is 1. The number of hydrogen-bond donors (Lipinski definition) is 2. The number of rotatable bonds is 6. The minimum atomic E-state index is -0.874. The molecule has 0 radical (unpaired) electrons. The highest BCUT2D eigenvalue weighted by molar-refractivity contribution is 5.91. The second kappa shape index (κ2) is 7.11. The van der Waals surface area contributed by atoms with E-state index in [4.69, 9.17) is 0 Å². The van der Waals surface area contributed by atoms with Crippen molar-refractivity contribution in [3.8, 4) is 5.69 Å². The minimum Gasteiger partial charge on any atom is -0.389 e. The Kier molecular flexibility index (Phi) is 5.36. The van der Waals surface area contributed by atoms with Crippen molar-refractivity contribution in [2.24, 2.45) is 0 Å². The molecule has 2 aromatic rings. The van der Waals surface area contributed by atoms with Crippen molar-refractivity contribution < 1.29 is 14.3 Å². The molecule has 0 saturated carbocycles. The number of hydrogen-bond acceptors (Lipinski definition) is 4. The number of carbonyl (C=O) groups is 1. The lowest BCUT2D eigenvalue weighted by molar-refractivity contribution is -0.117. The molecule has 0 spiro atoms. The topological polar surface area (TPSA) is 70.4 Å². The van der Waals surface area contributed by atoms with Crippen LogP contribution in [-0.2, 0) is 4.79 Å². The fraction of sp³-hybridized carbons (Fsp3) is 0.412. The molecule has 0 aliphatic heterocycles. The van der Waals surface area contributed by atoms with Gasteiger partial charge in [0.15, 0.2) is 0 Å². The number of aromatic nitrogens is 2. The Balaban J connectivity index is 2.10. The van der Waals surface area contributed by atoms with Gasteiger partial charge in [0, 0.05) is 12.6 Å². The van der Waals surface area contributed by atoms with Gasteiger partial charge in [-0.2, -0.15) is 5.10 Å².